The first kappa shape index (κ1) is 22.3. The molecule has 8 heteroatoms. The second kappa shape index (κ2) is 11.1. The van der Waals surface area contributed by atoms with Crippen molar-refractivity contribution in [1.82, 2.24) is 15.5 Å². The van der Waals surface area contributed by atoms with Crippen LogP contribution in [0.2, 0.25) is 0 Å². The standard InChI is InChI=1S/C22H31F2N3O3/c23-16-8-9-20(19(24)15-16)30-18-10-13-27(14-11-18)21(28)7-4-12-25-22(29)26-17-5-2-1-3-6-17/h8-9,15,17-18H,1-7,10-14H2,(H2,25,26,29). The Balaban J connectivity index is 1.29. The number of piperidine rings is 1. The van der Waals surface area contributed by atoms with Gasteiger partial charge in [0.15, 0.2) is 11.6 Å². The Kier molecular flexibility index (Phi) is 8.28. The Bertz CT molecular complexity index is 718. The number of likely N-dealkylation sites (tertiary alicyclic amines) is 1. The van der Waals surface area contributed by atoms with E-state index in [1.807, 2.05) is 0 Å². The second-order valence-electron chi connectivity index (χ2n) is 8.11. The molecule has 0 bridgehead atoms. The minimum atomic E-state index is -0.714. The fraction of sp³-hybridized carbons (Fsp3) is 0.636. The minimum Gasteiger partial charge on any atom is -0.487 e. The van der Waals surface area contributed by atoms with E-state index in [2.05, 4.69) is 10.6 Å². The summed E-state index contributed by atoms with van der Waals surface area (Å²) in [5.41, 5.74) is 0. The summed E-state index contributed by atoms with van der Waals surface area (Å²) in [4.78, 5) is 26.1. The lowest BCUT2D eigenvalue weighted by Gasteiger charge is -2.32. The van der Waals surface area contributed by atoms with Gasteiger partial charge in [0.25, 0.3) is 0 Å². The Hall–Kier alpha value is -2.38. The molecule has 3 amide bonds. The Morgan fingerprint density at radius 2 is 1.80 bits per heavy atom. The summed E-state index contributed by atoms with van der Waals surface area (Å²) in [5.74, 6) is -1.26. The minimum absolute atomic E-state index is 0.0405. The smallest absolute Gasteiger partial charge is 0.315 e. The van der Waals surface area contributed by atoms with Crippen molar-refractivity contribution in [2.24, 2.45) is 0 Å². The van der Waals surface area contributed by atoms with Crippen LogP contribution >= 0.6 is 0 Å². The summed E-state index contributed by atoms with van der Waals surface area (Å²) in [6.07, 6.45) is 7.64. The fourth-order valence-corrected chi connectivity index (χ4v) is 4.06. The van der Waals surface area contributed by atoms with E-state index < -0.39 is 11.6 Å². The van der Waals surface area contributed by atoms with E-state index in [-0.39, 0.29) is 29.8 Å². The zero-order valence-electron chi connectivity index (χ0n) is 17.3. The van der Waals surface area contributed by atoms with Gasteiger partial charge in [0, 0.05) is 51.0 Å². The van der Waals surface area contributed by atoms with Crippen molar-refractivity contribution >= 4 is 11.9 Å². The Morgan fingerprint density at radius 1 is 1.07 bits per heavy atom. The van der Waals surface area contributed by atoms with Crippen molar-refractivity contribution in [2.75, 3.05) is 19.6 Å². The van der Waals surface area contributed by atoms with Crippen LogP contribution < -0.4 is 15.4 Å². The van der Waals surface area contributed by atoms with Gasteiger partial charge in [-0.3, -0.25) is 4.79 Å². The first-order chi connectivity index (χ1) is 14.5. The van der Waals surface area contributed by atoms with Crippen LogP contribution in [0, 0.1) is 11.6 Å². The third-order valence-corrected chi connectivity index (χ3v) is 5.78. The predicted octanol–water partition coefficient (Wildman–Crippen LogP) is 3.75. The van der Waals surface area contributed by atoms with Gasteiger partial charge >= 0.3 is 6.03 Å². The number of carbonyl (C=O) groups is 2. The SMILES string of the molecule is O=C(NCCCC(=O)N1CCC(Oc2ccc(F)cc2F)CC1)NC1CCCCC1. The lowest BCUT2D eigenvalue weighted by Crippen LogP contribution is -2.44. The zero-order valence-corrected chi connectivity index (χ0v) is 17.3. The average molecular weight is 424 g/mol. The van der Waals surface area contributed by atoms with Gasteiger partial charge in [-0.05, 0) is 31.4 Å². The molecule has 0 atom stereocenters. The maximum atomic E-state index is 13.7. The molecule has 1 saturated carbocycles. The number of ether oxygens (including phenoxy) is 1. The van der Waals surface area contributed by atoms with Gasteiger partial charge in [0.2, 0.25) is 5.91 Å². The third kappa shape index (κ3) is 6.85. The molecule has 0 spiro atoms. The molecule has 2 fully saturated rings. The predicted molar refractivity (Wildman–Crippen MR) is 109 cm³/mol. The summed E-state index contributed by atoms with van der Waals surface area (Å²) in [6, 6.07) is 3.38. The lowest BCUT2D eigenvalue weighted by atomic mass is 9.96. The first-order valence-corrected chi connectivity index (χ1v) is 10.9. The molecule has 3 rings (SSSR count). The maximum Gasteiger partial charge on any atom is 0.315 e. The Morgan fingerprint density at radius 3 is 2.50 bits per heavy atom. The van der Waals surface area contributed by atoms with Gasteiger partial charge in [-0.2, -0.15) is 0 Å². The highest BCUT2D eigenvalue weighted by atomic mass is 19.1. The van der Waals surface area contributed by atoms with Crippen molar-refractivity contribution in [3.8, 4) is 5.75 Å². The van der Waals surface area contributed by atoms with Gasteiger partial charge in [0.1, 0.15) is 11.9 Å². The molecular formula is C22H31F2N3O3. The number of urea groups is 1. The molecule has 0 unspecified atom stereocenters. The molecule has 1 heterocycles. The van der Waals surface area contributed by atoms with Crippen LogP contribution in [0.4, 0.5) is 13.6 Å². The first-order valence-electron chi connectivity index (χ1n) is 10.9. The lowest BCUT2D eigenvalue weighted by molar-refractivity contribution is -0.133. The number of hydrogen-bond acceptors (Lipinski definition) is 3. The number of halogens is 2. The number of benzene rings is 1. The summed E-state index contributed by atoms with van der Waals surface area (Å²) in [5, 5.41) is 5.82. The maximum absolute atomic E-state index is 13.7. The topological polar surface area (TPSA) is 70.7 Å². The van der Waals surface area contributed by atoms with Crippen LogP contribution in [0.25, 0.3) is 0 Å². The number of hydrogen-bond donors (Lipinski definition) is 2. The molecular weight excluding hydrogens is 392 g/mol. The van der Waals surface area contributed by atoms with Gasteiger partial charge in [-0.1, -0.05) is 19.3 Å². The van der Waals surface area contributed by atoms with Crippen LogP contribution in [0.15, 0.2) is 18.2 Å². The summed E-state index contributed by atoms with van der Waals surface area (Å²) < 4.78 is 32.3. The van der Waals surface area contributed by atoms with E-state index in [0.717, 1.165) is 18.9 Å². The van der Waals surface area contributed by atoms with Crippen LogP contribution in [-0.2, 0) is 4.79 Å². The molecule has 166 valence electrons. The highest BCUT2D eigenvalue weighted by Crippen LogP contribution is 2.23. The monoisotopic (exact) mass is 423 g/mol. The number of nitrogens with one attached hydrogen (secondary N) is 2. The number of carbonyl (C=O) groups excluding carboxylic acids is 2. The zero-order chi connectivity index (χ0) is 21.3. The van der Waals surface area contributed by atoms with Crippen molar-refractivity contribution < 1.29 is 23.1 Å². The molecule has 2 aliphatic rings. The molecule has 1 aromatic carbocycles. The highest BCUT2D eigenvalue weighted by Gasteiger charge is 2.24. The van der Waals surface area contributed by atoms with Crippen LogP contribution in [0.5, 0.6) is 5.75 Å². The van der Waals surface area contributed by atoms with Gasteiger partial charge in [-0.25, -0.2) is 13.6 Å². The Labute approximate surface area is 176 Å². The van der Waals surface area contributed by atoms with Gasteiger partial charge in [0.05, 0.1) is 0 Å². The highest BCUT2D eigenvalue weighted by molar-refractivity contribution is 5.76. The molecule has 1 aromatic rings. The third-order valence-electron chi connectivity index (χ3n) is 5.78. The summed E-state index contributed by atoms with van der Waals surface area (Å²) in [7, 11) is 0. The normalized spacial score (nSPS) is 18.1. The van der Waals surface area contributed by atoms with E-state index in [1.165, 1.54) is 31.4 Å². The molecule has 1 aliphatic carbocycles. The van der Waals surface area contributed by atoms with Crippen molar-refractivity contribution in [1.29, 1.82) is 0 Å². The van der Waals surface area contributed by atoms with E-state index >= 15 is 0 Å². The molecule has 30 heavy (non-hydrogen) atoms. The average Bonchev–Trinajstić information content (AvgIpc) is 2.74. The summed E-state index contributed by atoms with van der Waals surface area (Å²) >= 11 is 0. The van der Waals surface area contributed by atoms with Crippen molar-refractivity contribution in [2.45, 2.75) is 69.9 Å². The van der Waals surface area contributed by atoms with Crippen LogP contribution in [0.1, 0.15) is 57.8 Å². The van der Waals surface area contributed by atoms with E-state index in [4.69, 9.17) is 4.74 Å². The number of rotatable bonds is 7. The van der Waals surface area contributed by atoms with Crippen LogP contribution in [0.3, 0.4) is 0 Å². The van der Waals surface area contributed by atoms with E-state index in [9.17, 15) is 18.4 Å². The fourth-order valence-electron chi connectivity index (χ4n) is 4.06. The van der Waals surface area contributed by atoms with E-state index in [0.29, 0.717) is 45.3 Å². The largest absolute Gasteiger partial charge is 0.487 e. The number of nitrogens with zero attached hydrogens (tertiary/aromatic N) is 1. The molecule has 2 N–H and O–H groups in total. The molecule has 1 aliphatic heterocycles. The van der Waals surface area contributed by atoms with Crippen molar-refractivity contribution in [3.05, 3.63) is 29.8 Å². The molecule has 6 nitrogen and oxygen atoms in total. The molecule has 0 aromatic heterocycles. The van der Waals surface area contributed by atoms with Gasteiger partial charge < -0.3 is 20.3 Å². The quantitative estimate of drug-likeness (QED) is 0.657. The van der Waals surface area contributed by atoms with Gasteiger partial charge in [-0.15, -0.1) is 0 Å². The van der Waals surface area contributed by atoms with Crippen LogP contribution in [-0.4, -0.2) is 48.6 Å². The number of amides is 3. The van der Waals surface area contributed by atoms with Crippen molar-refractivity contribution in [3.63, 3.8) is 0 Å². The van der Waals surface area contributed by atoms with E-state index in [1.54, 1.807) is 4.90 Å². The second-order valence-corrected chi connectivity index (χ2v) is 8.11. The molecule has 1 saturated heterocycles. The summed E-state index contributed by atoms with van der Waals surface area (Å²) in [6.45, 7) is 1.55. The molecule has 0 radical (unpaired) electrons.